The number of amides is 2. The van der Waals surface area contributed by atoms with Crippen LogP contribution >= 0.6 is 11.6 Å². The molecule has 0 unspecified atom stereocenters. The minimum absolute atomic E-state index is 0.138. The molecule has 28 heavy (non-hydrogen) atoms. The third-order valence-electron chi connectivity index (χ3n) is 4.75. The summed E-state index contributed by atoms with van der Waals surface area (Å²) in [6.07, 6.45) is 1.73. The number of quaternary nitrogens is 1. The number of halogens is 1. The van der Waals surface area contributed by atoms with Crippen molar-refractivity contribution in [3.63, 3.8) is 0 Å². The van der Waals surface area contributed by atoms with Crippen LogP contribution in [-0.4, -0.2) is 42.9 Å². The van der Waals surface area contributed by atoms with Gasteiger partial charge in [-0.15, -0.1) is 0 Å². The van der Waals surface area contributed by atoms with E-state index in [1.54, 1.807) is 6.08 Å². The first kappa shape index (κ1) is 20.1. The molecule has 2 N–H and O–H groups in total. The highest BCUT2D eigenvalue weighted by Gasteiger charge is 2.26. The van der Waals surface area contributed by atoms with Crippen LogP contribution in [0.25, 0.3) is 6.08 Å². The predicted octanol–water partition coefficient (Wildman–Crippen LogP) is 1.74. The number of benzene rings is 2. The Bertz CT molecular complexity index is 859. The molecule has 0 spiro atoms. The number of rotatable bonds is 5. The molecule has 6 heteroatoms. The quantitative estimate of drug-likeness (QED) is 0.754. The standard InChI is InChI=1S/C22H24ClN3O2/c1-17(27)24-21(15-18-6-3-2-4-7-18)22(28)26-12-10-25(11-13-26)16-19-8-5-9-20(23)14-19/h2-9,14-15H,10-13,16H2,1H3,(H,24,27)/p+1/b21-15-. The average Bonchev–Trinajstić information content (AvgIpc) is 2.68. The van der Waals surface area contributed by atoms with Crippen LogP contribution in [0.3, 0.4) is 0 Å². The third-order valence-corrected chi connectivity index (χ3v) is 4.99. The lowest BCUT2D eigenvalue weighted by Gasteiger charge is -2.32. The van der Waals surface area contributed by atoms with E-state index in [1.165, 1.54) is 17.4 Å². The van der Waals surface area contributed by atoms with Gasteiger partial charge in [0.1, 0.15) is 12.2 Å². The maximum atomic E-state index is 13.0. The van der Waals surface area contributed by atoms with Crippen LogP contribution < -0.4 is 10.2 Å². The second-order valence-electron chi connectivity index (χ2n) is 7.00. The van der Waals surface area contributed by atoms with Gasteiger partial charge in [-0.05, 0) is 23.8 Å². The number of hydrogen-bond acceptors (Lipinski definition) is 2. The van der Waals surface area contributed by atoms with Crippen LogP contribution in [0.1, 0.15) is 18.1 Å². The van der Waals surface area contributed by atoms with E-state index in [2.05, 4.69) is 11.4 Å². The van der Waals surface area contributed by atoms with E-state index < -0.39 is 0 Å². The Balaban J connectivity index is 1.63. The van der Waals surface area contributed by atoms with Crippen LogP contribution in [0.5, 0.6) is 0 Å². The van der Waals surface area contributed by atoms with E-state index in [0.717, 1.165) is 30.2 Å². The molecule has 1 aliphatic rings. The molecule has 146 valence electrons. The summed E-state index contributed by atoms with van der Waals surface area (Å²) in [7, 11) is 0. The molecule has 2 aromatic rings. The van der Waals surface area contributed by atoms with Gasteiger partial charge in [0.25, 0.3) is 5.91 Å². The van der Waals surface area contributed by atoms with Crippen molar-refractivity contribution < 1.29 is 14.5 Å². The molecule has 0 aliphatic carbocycles. The van der Waals surface area contributed by atoms with Crippen molar-refractivity contribution in [3.8, 4) is 0 Å². The molecule has 0 radical (unpaired) electrons. The van der Waals surface area contributed by atoms with E-state index in [1.807, 2.05) is 53.4 Å². The molecular formula is C22H25ClN3O2+. The van der Waals surface area contributed by atoms with Crippen LogP contribution in [-0.2, 0) is 16.1 Å². The van der Waals surface area contributed by atoms with Gasteiger partial charge in [-0.1, -0.05) is 54.1 Å². The second-order valence-corrected chi connectivity index (χ2v) is 7.44. The fourth-order valence-electron chi connectivity index (χ4n) is 3.37. The van der Waals surface area contributed by atoms with Crippen molar-refractivity contribution in [2.24, 2.45) is 0 Å². The number of carbonyl (C=O) groups is 2. The van der Waals surface area contributed by atoms with Gasteiger partial charge in [0.2, 0.25) is 5.91 Å². The number of carbonyl (C=O) groups excluding carboxylic acids is 2. The zero-order valence-corrected chi connectivity index (χ0v) is 16.7. The fraction of sp³-hybridized carbons (Fsp3) is 0.273. The molecule has 1 heterocycles. The Labute approximate surface area is 170 Å². The van der Waals surface area contributed by atoms with E-state index >= 15 is 0 Å². The average molecular weight is 399 g/mol. The first-order valence-corrected chi connectivity index (χ1v) is 9.80. The highest BCUT2D eigenvalue weighted by molar-refractivity contribution is 6.30. The van der Waals surface area contributed by atoms with Gasteiger partial charge < -0.3 is 15.1 Å². The van der Waals surface area contributed by atoms with Crippen molar-refractivity contribution in [2.45, 2.75) is 13.5 Å². The molecule has 1 aliphatic heterocycles. The van der Waals surface area contributed by atoms with E-state index in [9.17, 15) is 9.59 Å². The highest BCUT2D eigenvalue weighted by atomic mass is 35.5. The van der Waals surface area contributed by atoms with Crippen molar-refractivity contribution in [1.29, 1.82) is 0 Å². The molecule has 0 atom stereocenters. The molecule has 1 fully saturated rings. The lowest BCUT2D eigenvalue weighted by Crippen LogP contribution is -3.13. The molecule has 5 nitrogen and oxygen atoms in total. The van der Waals surface area contributed by atoms with Gasteiger partial charge in [0.05, 0.1) is 26.2 Å². The lowest BCUT2D eigenvalue weighted by molar-refractivity contribution is -0.917. The molecule has 2 amide bonds. The zero-order chi connectivity index (χ0) is 19.9. The van der Waals surface area contributed by atoms with E-state index in [0.29, 0.717) is 18.8 Å². The maximum Gasteiger partial charge on any atom is 0.270 e. The Hall–Kier alpha value is -2.63. The molecule has 3 rings (SSSR count). The van der Waals surface area contributed by atoms with E-state index in [4.69, 9.17) is 11.6 Å². The summed E-state index contributed by atoms with van der Waals surface area (Å²) >= 11 is 6.07. The van der Waals surface area contributed by atoms with Gasteiger partial charge in [0.15, 0.2) is 0 Å². The molecule has 1 saturated heterocycles. The molecule has 2 aromatic carbocycles. The summed E-state index contributed by atoms with van der Waals surface area (Å²) in [6.45, 7) is 5.33. The summed E-state index contributed by atoms with van der Waals surface area (Å²) < 4.78 is 0. The Kier molecular flexibility index (Phi) is 6.85. The van der Waals surface area contributed by atoms with Crippen molar-refractivity contribution in [3.05, 3.63) is 76.4 Å². The summed E-state index contributed by atoms with van der Waals surface area (Å²) in [5.41, 5.74) is 2.40. The highest BCUT2D eigenvalue weighted by Crippen LogP contribution is 2.10. The van der Waals surface area contributed by atoms with Gasteiger partial charge in [0, 0.05) is 17.5 Å². The normalized spacial score (nSPS) is 15.4. The number of nitrogens with one attached hydrogen (secondary N) is 2. The Morgan fingerprint density at radius 2 is 1.82 bits per heavy atom. The maximum absolute atomic E-state index is 13.0. The zero-order valence-electron chi connectivity index (χ0n) is 16.0. The van der Waals surface area contributed by atoms with Crippen LogP contribution in [0, 0.1) is 0 Å². The smallest absolute Gasteiger partial charge is 0.270 e. The molecule has 0 saturated carbocycles. The first-order chi connectivity index (χ1) is 13.5. The Morgan fingerprint density at radius 3 is 2.46 bits per heavy atom. The summed E-state index contributed by atoms with van der Waals surface area (Å²) in [5.74, 6) is -0.387. The fourth-order valence-corrected chi connectivity index (χ4v) is 3.58. The lowest BCUT2D eigenvalue weighted by atomic mass is 10.1. The molecule has 0 bridgehead atoms. The number of nitrogens with zero attached hydrogens (tertiary/aromatic N) is 1. The third kappa shape index (κ3) is 5.68. The molecule has 0 aromatic heterocycles. The predicted molar refractivity (Wildman–Crippen MR) is 111 cm³/mol. The summed E-state index contributed by atoms with van der Waals surface area (Å²) in [4.78, 5) is 27.8. The van der Waals surface area contributed by atoms with E-state index in [-0.39, 0.29) is 11.8 Å². The van der Waals surface area contributed by atoms with Crippen LogP contribution in [0.4, 0.5) is 0 Å². The first-order valence-electron chi connectivity index (χ1n) is 9.43. The second kappa shape index (κ2) is 9.53. The summed E-state index contributed by atoms with van der Waals surface area (Å²) in [6, 6.07) is 17.4. The van der Waals surface area contributed by atoms with Crippen LogP contribution in [0.2, 0.25) is 5.02 Å². The van der Waals surface area contributed by atoms with Crippen molar-refractivity contribution in [2.75, 3.05) is 26.2 Å². The summed E-state index contributed by atoms with van der Waals surface area (Å²) in [5, 5.41) is 3.44. The van der Waals surface area contributed by atoms with Crippen molar-refractivity contribution >= 4 is 29.5 Å². The van der Waals surface area contributed by atoms with Crippen LogP contribution in [0.15, 0.2) is 60.3 Å². The minimum Gasteiger partial charge on any atom is -0.328 e. The minimum atomic E-state index is -0.249. The van der Waals surface area contributed by atoms with Gasteiger partial charge >= 0.3 is 0 Å². The van der Waals surface area contributed by atoms with Crippen molar-refractivity contribution in [1.82, 2.24) is 10.2 Å². The Morgan fingerprint density at radius 1 is 1.11 bits per heavy atom. The van der Waals surface area contributed by atoms with Gasteiger partial charge in [-0.25, -0.2) is 0 Å². The SMILES string of the molecule is CC(=O)N/C(=C\c1ccccc1)C(=O)N1CC[NH+](Cc2cccc(Cl)c2)CC1. The largest absolute Gasteiger partial charge is 0.328 e. The monoisotopic (exact) mass is 398 g/mol. The number of piperazine rings is 1. The van der Waals surface area contributed by atoms with Gasteiger partial charge in [-0.3, -0.25) is 9.59 Å². The topological polar surface area (TPSA) is 53.9 Å². The number of hydrogen-bond donors (Lipinski definition) is 2. The molecular weight excluding hydrogens is 374 g/mol. The van der Waals surface area contributed by atoms with Gasteiger partial charge in [-0.2, -0.15) is 0 Å².